The van der Waals surface area contributed by atoms with Crippen molar-refractivity contribution in [2.24, 2.45) is 0 Å². The molecule has 1 atom stereocenters. The minimum absolute atomic E-state index is 0. The largest absolute Gasteiger partial charge is 0.348 e. The highest BCUT2D eigenvalue weighted by Gasteiger charge is 2.17. The van der Waals surface area contributed by atoms with Gasteiger partial charge in [0.25, 0.3) is 5.91 Å². The summed E-state index contributed by atoms with van der Waals surface area (Å²) in [6.45, 7) is 1.82. The summed E-state index contributed by atoms with van der Waals surface area (Å²) >= 11 is 1.54. The summed E-state index contributed by atoms with van der Waals surface area (Å²) in [6.07, 6.45) is 3.99. The van der Waals surface area contributed by atoms with E-state index in [0.717, 1.165) is 25.9 Å². The molecule has 1 aromatic rings. The van der Waals surface area contributed by atoms with Crippen molar-refractivity contribution in [3.63, 3.8) is 0 Å². The summed E-state index contributed by atoms with van der Waals surface area (Å²) in [5.74, 6) is 0.221. The Bertz CT molecular complexity index is 453. The van der Waals surface area contributed by atoms with Gasteiger partial charge in [-0.1, -0.05) is 0 Å². The molecular formula is C14H20ClFN2OS. The van der Waals surface area contributed by atoms with Crippen molar-refractivity contribution in [1.29, 1.82) is 0 Å². The van der Waals surface area contributed by atoms with Crippen LogP contribution in [0.15, 0.2) is 18.2 Å². The fourth-order valence-corrected chi connectivity index (χ4v) is 2.76. The summed E-state index contributed by atoms with van der Waals surface area (Å²) in [4.78, 5) is 12.1. The minimum Gasteiger partial charge on any atom is -0.348 e. The average molecular weight is 319 g/mol. The van der Waals surface area contributed by atoms with Gasteiger partial charge in [-0.05, 0) is 49.4 Å². The monoisotopic (exact) mass is 318 g/mol. The van der Waals surface area contributed by atoms with Gasteiger partial charge in [-0.15, -0.1) is 12.4 Å². The molecule has 1 aliphatic heterocycles. The number of carbonyl (C=O) groups excluding carboxylic acids is 1. The molecule has 2 rings (SSSR count). The molecule has 0 aromatic heterocycles. The molecule has 0 saturated carbocycles. The van der Waals surface area contributed by atoms with Crippen LogP contribution in [0.3, 0.4) is 0 Å². The Kier molecular flexibility index (Phi) is 7.34. The molecule has 0 radical (unpaired) electrons. The van der Waals surface area contributed by atoms with E-state index in [9.17, 15) is 9.18 Å². The molecule has 1 heterocycles. The molecule has 112 valence electrons. The maximum atomic E-state index is 13.5. The lowest BCUT2D eigenvalue weighted by molar-refractivity contribution is 0.0930. The van der Waals surface area contributed by atoms with Crippen LogP contribution in [0.4, 0.5) is 4.39 Å². The van der Waals surface area contributed by atoms with Crippen LogP contribution in [0.1, 0.15) is 28.8 Å². The number of carbonyl (C=O) groups is 1. The quantitative estimate of drug-likeness (QED) is 0.896. The normalized spacial score (nSPS) is 18.2. The maximum Gasteiger partial charge on any atom is 0.251 e. The Balaban J connectivity index is 0.00000200. The molecule has 0 bridgehead atoms. The number of hydrogen-bond acceptors (Lipinski definition) is 3. The molecule has 1 saturated heterocycles. The zero-order valence-corrected chi connectivity index (χ0v) is 13.1. The lowest BCUT2D eigenvalue weighted by Crippen LogP contribution is -2.45. The molecule has 0 unspecified atom stereocenters. The molecule has 3 nitrogen and oxygen atoms in total. The summed E-state index contributed by atoms with van der Waals surface area (Å²) in [5, 5.41) is 6.25. The summed E-state index contributed by atoms with van der Waals surface area (Å²) in [5.41, 5.74) is 1.12. The summed E-state index contributed by atoms with van der Waals surface area (Å²) in [7, 11) is 0. The fraction of sp³-hybridized carbons (Fsp3) is 0.500. The van der Waals surface area contributed by atoms with E-state index >= 15 is 0 Å². The molecule has 0 spiro atoms. The molecule has 6 heteroatoms. The van der Waals surface area contributed by atoms with Crippen molar-refractivity contribution >= 4 is 30.1 Å². The van der Waals surface area contributed by atoms with E-state index in [1.54, 1.807) is 23.9 Å². The van der Waals surface area contributed by atoms with Gasteiger partial charge in [0.15, 0.2) is 0 Å². The van der Waals surface area contributed by atoms with Crippen LogP contribution < -0.4 is 10.6 Å². The van der Waals surface area contributed by atoms with Gasteiger partial charge in [0.05, 0.1) is 0 Å². The number of piperidine rings is 1. The van der Waals surface area contributed by atoms with E-state index in [2.05, 4.69) is 10.6 Å². The standard InChI is InChI=1S/C14H19FN2OS.ClH/c1-19-9-11-7-10(4-5-13(11)15)14(18)17-12-3-2-6-16-8-12;/h4-5,7,12,16H,2-3,6,8-9H2,1H3,(H,17,18);1H/t12-;/m0./s1. The van der Waals surface area contributed by atoms with Crippen LogP contribution in [-0.2, 0) is 5.75 Å². The lowest BCUT2D eigenvalue weighted by Gasteiger charge is -2.23. The van der Waals surface area contributed by atoms with Crippen molar-refractivity contribution < 1.29 is 9.18 Å². The van der Waals surface area contributed by atoms with Crippen LogP contribution in [0.25, 0.3) is 0 Å². The third kappa shape index (κ3) is 4.65. The van der Waals surface area contributed by atoms with Gasteiger partial charge in [-0.2, -0.15) is 11.8 Å². The number of halogens is 2. The predicted octanol–water partition coefficient (Wildman–Crippen LogP) is 2.59. The van der Waals surface area contributed by atoms with Gasteiger partial charge < -0.3 is 10.6 Å². The van der Waals surface area contributed by atoms with Gasteiger partial charge in [-0.3, -0.25) is 4.79 Å². The fourth-order valence-electron chi connectivity index (χ4n) is 2.23. The third-order valence-electron chi connectivity index (χ3n) is 3.24. The van der Waals surface area contributed by atoms with Crippen molar-refractivity contribution in [2.45, 2.75) is 24.6 Å². The molecule has 1 fully saturated rings. The van der Waals surface area contributed by atoms with E-state index in [-0.39, 0.29) is 30.2 Å². The zero-order chi connectivity index (χ0) is 13.7. The van der Waals surface area contributed by atoms with Crippen LogP contribution in [0.5, 0.6) is 0 Å². The number of benzene rings is 1. The van der Waals surface area contributed by atoms with Crippen LogP contribution >= 0.6 is 24.2 Å². The summed E-state index contributed by atoms with van der Waals surface area (Å²) in [6, 6.07) is 4.75. The molecular weight excluding hydrogens is 299 g/mol. The molecule has 2 N–H and O–H groups in total. The van der Waals surface area contributed by atoms with E-state index in [1.807, 2.05) is 6.26 Å². The number of thioether (sulfide) groups is 1. The average Bonchev–Trinajstić information content (AvgIpc) is 2.42. The summed E-state index contributed by atoms with van der Waals surface area (Å²) < 4.78 is 13.5. The van der Waals surface area contributed by atoms with Crippen LogP contribution in [0.2, 0.25) is 0 Å². The first kappa shape index (κ1) is 17.3. The minimum atomic E-state index is -0.245. The first-order valence-electron chi connectivity index (χ1n) is 6.49. The van der Waals surface area contributed by atoms with Crippen molar-refractivity contribution in [1.82, 2.24) is 10.6 Å². The van der Waals surface area contributed by atoms with Crippen LogP contribution in [0, 0.1) is 5.82 Å². The highest BCUT2D eigenvalue weighted by atomic mass is 35.5. The van der Waals surface area contributed by atoms with Gasteiger partial charge >= 0.3 is 0 Å². The first-order chi connectivity index (χ1) is 9.20. The van der Waals surface area contributed by atoms with Crippen molar-refractivity contribution in [3.05, 3.63) is 35.1 Å². The SMILES string of the molecule is CSCc1cc(C(=O)N[C@H]2CCCNC2)ccc1F.Cl. The topological polar surface area (TPSA) is 41.1 Å². The van der Waals surface area contributed by atoms with Crippen molar-refractivity contribution in [2.75, 3.05) is 19.3 Å². The lowest BCUT2D eigenvalue weighted by atomic mass is 10.1. The molecule has 0 aliphatic carbocycles. The number of rotatable bonds is 4. The van der Waals surface area contributed by atoms with E-state index in [0.29, 0.717) is 16.9 Å². The molecule has 1 aromatic carbocycles. The number of nitrogens with one attached hydrogen (secondary N) is 2. The molecule has 1 aliphatic rings. The predicted molar refractivity (Wildman–Crippen MR) is 84.2 cm³/mol. The Morgan fingerprint density at radius 3 is 3.00 bits per heavy atom. The van der Waals surface area contributed by atoms with Crippen LogP contribution in [-0.4, -0.2) is 31.3 Å². The Morgan fingerprint density at radius 1 is 1.55 bits per heavy atom. The van der Waals surface area contributed by atoms with E-state index < -0.39 is 0 Å². The molecule has 1 amide bonds. The highest BCUT2D eigenvalue weighted by molar-refractivity contribution is 7.97. The number of hydrogen-bond donors (Lipinski definition) is 2. The van der Waals surface area contributed by atoms with Crippen molar-refractivity contribution in [3.8, 4) is 0 Å². The third-order valence-corrected chi connectivity index (χ3v) is 3.84. The molecule has 20 heavy (non-hydrogen) atoms. The van der Waals surface area contributed by atoms with Gasteiger partial charge in [-0.25, -0.2) is 4.39 Å². The first-order valence-corrected chi connectivity index (χ1v) is 7.89. The highest BCUT2D eigenvalue weighted by Crippen LogP contribution is 2.16. The maximum absolute atomic E-state index is 13.5. The smallest absolute Gasteiger partial charge is 0.251 e. The van der Waals surface area contributed by atoms with Gasteiger partial charge in [0, 0.05) is 23.9 Å². The van der Waals surface area contributed by atoms with E-state index in [4.69, 9.17) is 0 Å². The second-order valence-corrected chi connectivity index (χ2v) is 5.62. The van der Waals surface area contributed by atoms with Gasteiger partial charge in [0.2, 0.25) is 0 Å². The Morgan fingerprint density at radius 2 is 2.35 bits per heavy atom. The Hall–Kier alpha value is -0.780. The Labute approximate surface area is 129 Å². The second-order valence-electron chi connectivity index (χ2n) is 4.76. The zero-order valence-electron chi connectivity index (χ0n) is 11.4. The van der Waals surface area contributed by atoms with Gasteiger partial charge in [0.1, 0.15) is 5.82 Å². The number of amides is 1. The second kappa shape index (κ2) is 8.49. The van der Waals surface area contributed by atoms with E-state index in [1.165, 1.54) is 6.07 Å².